The van der Waals surface area contributed by atoms with Crippen LogP contribution in [-0.2, 0) is 4.79 Å². The van der Waals surface area contributed by atoms with Gasteiger partial charge in [0.15, 0.2) is 6.10 Å². The molecule has 0 N–H and O–H groups in total. The van der Waals surface area contributed by atoms with Crippen LogP contribution in [0.2, 0.25) is 0 Å². The van der Waals surface area contributed by atoms with Gasteiger partial charge in [-0.2, -0.15) is 4.98 Å². The van der Waals surface area contributed by atoms with Gasteiger partial charge in [0.05, 0.1) is 0 Å². The van der Waals surface area contributed by atoms with Gasteiger partial charge in [-0.05, 0) is 38.8 Å². The Morgan fingerprint density at radius 1 is 1.10 bits per heavy atom. The van der Waals surface area contributed by atoms with E-state index in [1.165, 1.54) is 5.56 Å². The second-order valence-corrected chi connectivity index (χ2v) is 7.49. The highest BCUT2D eigenvalue weighted by Crippen LogP contribution is 2.29. The number of hydrogen-bond donors (Lipinski definition) is 0. The van der Waals surface area contributed by atoms with E-state index in [1.54, 1.807) is 6.92 Å². The summed E-state index contributed by atoms with van der Waals surface area (Å²) in [6.07, 6.45) is 1.10. The number of carbonyl (C=O) groups excluding carboxylic acids is 1. The molecule has 1 aliphatic heterocycles. The number of aromatic nitrogens is 2. The number of likely N-dealkylation sites (tertiary alicyclic amines) is 1. The highest BCUT2D eigenvalue weighted by molar-refractivity contribution is 5.81. The fraction of sp³-hybridized carbons (Fsp3) is 0.348. The summed E-state index contributed by atoms with van der Waals surface area (Å²) >= 11 is 0. The second kappa shape index (κ2) is 8.47. The van der Waals surface area contributed by atoms with E-state index < -0.39 is 6.10 Å². The Bertz CT molecular complexity index is 945. The monoisotopic (exact) mass is 391 g/mol. The van der Waals surface area contributed by atoms with Crippen LogP contribution in [0.3, 0.4) is 0 Å². The zero-order chi connectivity index (χ0) is 20.2. The number of aryl methyl sites for hydroxylation is 1. The summed E-state index contributed by atoms with van der Waals surface area (Å²) in [5.74, 6) is 2.16. The first-order chi connectivity index (χ1) is 14.1. The first-order valence-corrected chi connectivity index (χ1v) is 10.0. The quantitative estimate of drug-likeness (QED) is 0.651. The minimum Gasteiger partial charge on any atom is -0.481 e. The van der Waals surface area contributed by atoms with E-state index in [1.807, 2.05) is 66.4 Å². The molecular weight excluding hydrogens is 366 g/mol. The molecular formula is C23H25N3O3. The summed E-state index contributed by atoms with van der Waals surface area (Å²) in [5, 5.41) is 4.13. The molecule has 6 heteroatoms. The van der Waals surface area contributed by atoms with E-state index in [0.717, 1.165) is 18.4 Å². The van der Waals surface area contributed by atoms with Gasteiger partial charge in [0.25, 0.3) is 5.91 Å². The molecule has 29 heavy (non-hydrogen) atoms. The van der Waals surface area contributed by atoms with Crippen LogP contribution in [0.15, 0.2) is 59.1 Å². The van der Waals surface area contributed by atoms with E-state index in [-0.39, 0.29) is 11.8 Å². The molecule has 2 heterocycles. The molecule has 0 unspecified atom stereocenters. The molecule has 0 saturated carbocycles. The minimum atomic E-state index is -0.509. The maximum atomic E-state index is 12.7. The van der Waals surface area contributed by atoms with Crippen LogP contribution in [0.1, 0.15) is 37.1 Å². The Balaban J connectivity index is 1.33. The van der Waals surface area contributed by atoms with Crippen molar-refractivity contribution in [3.63, 3.8) is 0 Å². The Kier molecular flexibility index (Phi) is 5.60. The van der Waals surface area contributed by atoms with Crippen LogP contribution >= 0.6 is 0 Å². The Morgan fingerprint density at radius 2 is 1.79 bits per heavy atom. The molecule has 6 nitrogen and oxygen atoms in total. The molecule has 4 rings (SSSR count). The highest BCUT2D eigenvalue weighted by atomic mass is 16.5. The predicted molar refractivity (Wildman–Crippen MR) is 110 cm³/mol. The molecule has 2 aromatic carbocycles. The third-order valence-electron chi connectivity index (χ3n) is 5.31. The van der Waals surface area contributed by atoms with Crippen molar-refractivity contribution >= 4 is 5.91 Å². The number of benzene rings is 2. The lowest BCUT2D eigenvalue weighted by Gasteiger charge is -2.32. The van der Waals surface area contributed by atoms with Crippen molar-refractivity contribution in [2.75, 3.05) is 13.1 Å². The summed E-state index contributed by atoms with van der Waals surface area (Å²) in [5.41, 5.74) is 2.14. The van der Waals surface area contributed by atoms with Crippen LogP contribution in [0, 0.1) is 6.92 Å². The van der Waals surface area contributed by atoms with Gasteiger partial charge in [-0.15, -0.1) is 0 Å². The average molecular weight is 391 g/mol. The standard InChI is InChI=1S/C23H25N3O3/c1-16-8-10-18(11-9-16)21-24-22(29-25-21)19-12-14-26(15-13-19)23(27)17(2)28-20-6-4-3-5-7-20/h3-11,17,19H,12-15H2,1-2H3/t17-/m1/s1. The second-order valence-electron chi connectivity index (χ2n) is 7.49. The Labute approximate surface area is 170 Å². The SMILES string of the molecule is Cc1ccc(-c2noc(C3CCN(C(=O)[C@@H](C)Oc4ccccc4)CC3)n2)cc1. The molecule has 1 saturated heterocycles. The minimum absolute atomic E-state index is 0.0122. The van der Waals surface area contributed by atoms with Crippen LogP contribution in [0.4, 0.5) is 0 Å². The van der Waals surface area contributed by atoms with Crippen LogP contribution in [0.25, 0.3) is 11.4 Å². The molecule has 0 radical (unpaired) electrons. The zero-order valence-electron chi connectivity index (χ0n) is 16.7. The molecule has 1 aliphatic rings. The van der Waals surface area contributed by atoms with Crippen molar-refractivity contribution in [1.82, 2.24) is 15.0 Å². The number of hydrogen-bond acceptors (Lipinski definition) is 5. The smallest absolute Gasteiger partial charge is 0.263 e. The number of para-hydroxylation sites is 1. The number of rotatable bonds is 5. The lowest BCUT2D eigenvalue weighted by atomic mass is 9.96. The lowest BCUT2D eigenvalue weighted by Crippen LogP contribution is -2.44. The molecule has 1 aromatic heterocycles. The average Bonchev–Trinajstić information content (AvgIpc) is 3.25. The van der Waals surface area contributed by atoms with Crippen molar-refractivity contribution in [1.29, 1.82) is 0 Å². The van der Waals surface area contributed by atoms with Gasteiger partial charge in [0, 0.05) is 24.6 Å². The number of amides is 1. The normalized spacial score (nSPS) is 15.9. The first kappa shape index (κ1) is 19.2. The molecule has 1 atom stereocenters. The largest absolute Gasteiger partial charge is 0.481 e. The van der Waals surface area contributed by atoms with Gasteiger partial charge in [0.2, 0.25) is 11.7 Å². The summed E-state index contributed by atoms with van der Waals surface area (Å²) < 4.78 is 11.3. The topological polar surface area (TPSA) is 68.5 Å². The third kappa shape index (κ3) is 4.47. The van der Waals surface area contributed by atoms with Gasteiger partial charge >= 0.3 is 0 Å². The molecule has 1 amide bonds. The highest BCUT2D eigenvalue weighted by Gasteiger charge is 2.30. The van der Waals surface area contributed by atoms with E-state index in [0.29, 0.717) is 30.6 Å². The van der Waals surface area contributed by atoms with Crippen molar-refractivity contribution in [3.8, 4) is 17.1 Å². The summed E-state index contributed by atoms with van der Waals surface area (Å²) in [6.45, 7) is 5.17. The maximum absolute atomic E-state index is 12.7. The molecule has 150 valence electrons. The number of piperidine rings is 1. The Morgan fingerprint density at radius 3 is 2.48 bits per heavy atom. The number of ether oxygens (including phenoxy) is 1. The van der Waals surface area contributed by atoms with E-state index >= 15 is 0 Å². The van der Waals surface area contributed by atoms with Crippen LogP contribution in [-0.4, -0.2) is 40.1 Å². The molecule has 0 aliphatic carbocycles. The van der Waals surface area contributed by atoms with Crippen molar-refractivity contribution in [2.45, 2.75) is 38.7 Å². The summed E-state index contributed by atoms with van der Waals surface area (Å²) in [4.78, 5) is 19.2. The van der Waals surface area contributed by atoms with E-state index in [4.69, 9.17) is 9.26 Å². The summed E-state index contributed by atoms with van der Waals surface area (Å²) in [7, 11) is 0. The van der Waals surface area contributed by atoms with Crippen LogP contribution in [0.5, 0.6) is 5.75 Å². The third-order valence-corrected chi connectivity index (χ3v) is 5.31. The number of carbonyl (C=O) groups is 1. The van der Waals surface area contributed by atoms with Crippen molar-refractivity contribution in [2.24, 2.45) is 0 Å². The zero-order valence-corrected chi connectivity index (χ0v) is 16.7. The van der Waals surface area contributed by atoms with Gasteiger partial charge in [0.1, 0.15) is 5.75 Å². The van der Waals surface area contributed by atoms with Gasteiger partial charge in [-0.1, -0.05) is 53.2 Å². The Hall–Kier alpha value is -3.15. The van der Waals surface area contributed by atoms with Gasteiger partial charge in [-0.3, -0.25) is 4.79 Å². The fourth-order valence-corrected chi connectivity index (χ4v) is 3.58. The van der Waals surface area contributed by atoms with Crippen LogP contribution < -0.4 is 4.74 Å². The van der Waals surface area contributed by atoms with Gasteiger partial charge < -0.3 is 14.2 Å². The van der Waals surface area contributed by atoms with E-state index in [9.17, 15) is 4.79 Å². The predicted octanol–water partition coefficient (Wildman–Crippen LogP) is 4.22. The van der Waals surface area contributed by atoms with E-state index in [2.05, 4.69) is 10.1 Å². The molecule has 0 spiro atoms. The van der Waals surface area contributed by atoms with Crippen molar-refractivity contribution < 1.29 is 14.1 Å². The summed E-state index contributed by atoms with van der Waals surface area (Å²) in [6, 6.07) is 17.5. The van der Waals surface area contributed by atoms with Gasteiger partial charge in [-0.25, -0.2) is 0 Å². The molecule has 3 aromatic rings. The maximum Gasteiger partial charge on any atom is 0.263 e. The fourth-order valence-electron chi connectivity index (χ4n) is 3.58. The van der Waals surface area contributed by atoms with Crippen molar-refractivity contribution in [3.05, 3.63) is 66.1 Å². The first-order valence-electron chi connectivity index (χ1n) is 10.0. The number of nitrogens with zero attached hydrogens (tertiary/aromatic N) is 3. The lowest BCUT2D eigenvalue weighted by molar-refractivity contribution is -0.139. The molecule has 0 bridgehead atoms. The molecule has 1 fully saturated rings.